The van der Waals surface area contributed by atoms with Crippen molar-refractivity contribution in [2.45, 2.75) is 0 Å². The van der Waals surface area contributed by atoms with Crippen molar-refractivity contribution in [1.29, 1.82) is 5.26 Å². The highest BCUT2D eigenvalue weighted by Gasteiger charge is 2.18. The molecule has 130 valence electrons. The van der Waals surface area contributed by atoms with E-state index in [1.165, 1.54) is 11.4 Å². The smallest absolute Gasteiger partial charge is 0.163 e. The summed E-state index contributed by atoms with van der Waals surface area (Å²) in [5, 5.41) is 20.1. The van der Waals surface area contributed by atoms with Gasteiger partial charge in [-0.05, 0) is 36.4 Å². The Labute approximate surface area is 156 Å². The van der Waals surface area contributed by atoms with Gasteiger partial charge in [0.15, 0.2) is 5.69 Å². The van der Waals surface area contributed by atoms with Crippen LogP contribution in [-0.2, 0) is 0 Å². The number of nitrogens with zero attached hydrogens (tertiary/aromatic N) is 5. The fraction of sp³-hybridized carbons (Fsp3) is 0.211. The van der Waals surface area contributed by atoms with Gasteiger partial charge >= 0.3 is 0 Å². The third kappa shape index (κ3) is 3.22. The molecule has 1 aromatic heterocycles. The van der Waals surface area contributed by atoms with Gasteiger partial charge in [0.25, 0.3) is 0 Å². The van der Waals surface area contributed by atoms with Gasteiger partial charge in [-0.1, -0.05) is 28.9 Å². The van der Waals surface area contributed by atoms with Gasteiger partial charge in [-0.15, -0.1) is 5.10 Å². The Morgan fingerprint density at radius 1 is 0.885 bits per heavy atom. The highest BCUT2D eigenvalue weighted by molar-refractivity contribution is 6.30. The van der Waals surface area contributed by atoms with Crippen molar-refractivity contribution in [2.24, 2.45) is 0 Å². The standard InChI is InChI=1S/C19H17ClN6/c20-15-3-7-17(8-4-15)26-11-9-25(10-12-26)16-5-1-14(2-6-16)19-18(13-21)22-24-23-19/h1-8H,9-12H2,(H,22,23,24). The molecule has 1 N–H and O–H groups in total. The minimum absolute atomic E-state index is 0.384. The number of H-pyrrole nitrogens is 1. The Balaban J connectivity index is 1.43. The second-order valence-corrected chi connectivity index (χ2v) is 6.58. The maximum atomic E-state index is 9.08. The van der Waals surface area contributed by atoms with Crippen LogP contribution in [0.15, 0.2) is 48.5 Å². The summed E-state index contributed by atoms with van der Waals surface area (Å²) in [6, 6.07) is 18.2. The molecule has 1 saturated heterocycles. The molecular weight excluding hydrogens is 348 g/mol. The van der Waals surface area contributed by atoms with E-state index in [0.29, 0.717) is 11.4 Å². The van der Waals surface area contributed by atoms with Crippen molar-refractivity contribution in [3.8, 4) is 17.3 Å². The summed E-state index contributed by atoms with van der Waals surface area (Å²) >= 11 is 5.97. The number of piperazine rings is 1. The van der Waals surface area contributed by atoms with E-state index in [-0.39, 0.29) is 0 Å². The summed E-state index contributed by atoms with van der Waals surface area (Å²) in [5.41, 5.74) is 4.24. The molecule has 0 bridgehead atoms. The largest absolute Gasteiger partial charge is 0.368 e. The number of anilines is 2. The Hall–Kier alpha value is -3.04. The third-order valence-electron chi connectivity index (χ3n) is 4.64. The quantitative estimate of drug-likeness (QED) is 0.771. The van der Waals surface area contributed by atoms with Crippen LogP contribution in [0.2, 0.25) is 5.02 Å². The lowest BCUT2D eigenvalue weighted by atomic mass is 10.1. The number of benzene rings is 2. The van der Waals surface area contributed by atoms with Gasteiger partial charge in [0.1, 0.15) is 11.8 Å². The topological polar surface area (TPSA) is 71.8 Å². The first-order valence-corrected chi connectivity index (χ1v) is 8.79. The van der Waals surface area contributed by atoms with Crippen LogP contribution in [0.5, 0.6) is 0 Å². The first-order valence-electron chi connectivity index (χ1n) is 8.41. The molecule has 0 atom stereocenters. The molecular formula is C19H17ClN6. The monoisotopic (exact) mass is 364 g/mol. The molecule has 0 spiro atoms. The number of hydrogen-bond donors (Lipinski definition) is 1. The molecule has 0 radical (unpaired) electrons. The lowest BCUT2D eigenvalue weighted by molar-refractivity contribution is 0.653. The molecule has 2 aromatic carbocycles. The molecule has 0 aliphatic carbocycles. The highest BCUT2D eigenvalue weighted by Crippen LogP contribution is 2.25. The van der Waals surface area contributed by atoms with Gasteiger partial charge in [0, 0.05) is 48.1 Å². The number of nitrogens with one attached hydrogen (secondary N) is 1. The fourth-order valence-electron chi connectivity index (χ4n) is 3.21. The molecule has 3 aromatic rings. The van der Waals surface area contributed by atoms with Gasteiger partial charge in [0.2, 0.25) is 0 Å². The zero-order chi connectivity index (χ0) is 17.9. The Bertz CT molecular complexity index is 918. The maximum absolute atomic E-state index is 9.08. The number of aromatic amines is 1. The van der Waals surface area contributed by atoms with Crippen LogP contribution in [0.1, 0.15) is 5.69 Å². The Morgan fingerprint density at radius 2 is 1.42 bits per heavy atom. The van der Waals surface area contributed by atoms with E-state index in [2.05, 4.69) is 55.5 Å². The summed E-state index contributed by atoms with van der Waals surface area (Å²) in [7, 11) is 0. The number of nitriles is 1. The zero-order valence-electron chi connectivity index (χ0n) is 14.1. The van der Waals surface area contributed by atoms with Crippen LogP contribution in [0.25, 0.3) is 11.3 Å². The van der Waals surface area contributed by atoms with Crippen LogP contribution in [0.3, 0.4) is 0 Å². The summed E-state index contributed by atoms with van der Waals surface area (Å²) in [6.07, 6.45) is 0. The fourth-order valence-corrected chi connectivity index (χ4v) is 3.34. The van der Waals surface area contributed by atoms with Crippen molar-refractivity contribution in [1.82, 2.24) is 15.4 Å². The van der Waals surface area contributed by atoms with Gasteiger partial charge < -0.3 is 9.80 Å². The number of halogens is 1. The first kappa shape index (κ1) is 16.4. The summed E-state index contributed by atoms with van der Waals surface area (Å²) in [5.74, 6) is 0. The molecule has 2 heterocycles. The van der Waals surface area contributed by atoms with E-state index in [0.717, 1.165) is 36.8 Å². The van der Waals surface area contributed by atoms with Crippen molar-refractivity contribution in [3.63, 3.8) is 0 Å². The molecule has 1 aliphatic heterocycles. The molecule has 0 unspecified atom stereocenters. The van der Waals surface area contributed by atoms with Crippen molar-refractivity contribution in [3.05, 3.63) is 59.2 Å². The lowest BCUT2D eigenvalue weighted by Crippen LogP contribution is -2.46. The minimum Gasteiger partial charge on any atom is -0.368 e. The minimum atomic E-state index is 0.384. The molecule has 4 rings (SSSR count). The molecule has 0 amide bonds. The molecule has 0 saturated carbocycles. The number of rotatable bonds is 3. The van der Waals surface area contributed by atoms with Crippen LogP contribution in [0, 0.1) is 11.3 Å². The average molecular weight is 365 g/mol. The maximum Gasteiger partial charge on any atom is 0.163 e. The van der Waals surface area contributed by atoms with E-state index < -0.39 is 0 Å². The van der Waals surface area contributed by atoms with Crippen molar-refractivity contribution in [2.75, 3.05) is 36.0 Å². The second-order valence-electron chi connectivity index (χ2n) is 6.14. The summed E-state index contributed by atoms with van der Waals surface area (Å²) in [4.78, 5) is 4.74. The van der Waals surface area contributed by atoms with E-state index in [9.17, 15) is 0 Å². The summed E-state index contributed by atoms with van der Waals surface area (Å²) in [6.45, 7) is 3.83. The van der Waals surface area contributed by atoms with Gasteiger partial charge in [0.05, 0.1) is 0 Å². The predicted octanol–water partition coefficient (Wildman–Crippen LogP) is 3.32. The van der Waals surface area contributed by atoms with Crippen molar-refractivity contribution >= 4 is 23.0 Å². The predicted molar refractivity (Wildman–Crippen MR) is 102 cm³/mol. The second kappa shape index (κ2) is 7.06. The van der Waals surface area contributed by atoms with Crippen LogP contribution < -0.4 is 9.80 Å². The third-order valence-corrected chi connectivity index (χ3v) is 4.89. The summed E-state index contributed by atoms with van der Waals surface area (Å²) < 4.78 is 0. The van der Waals surface area contributed by atoms with Gasteiger partial charge in [-0.2, -0.15) is 5.26 Å². The molecule has 7 heteroatoms. The molecule has 26 heavy (non-hydrogen) atoms. The number of aromatic nitrogens is 3. The van der Waals surface area contributed by atoms with E-state index in [1.807, 2.05) is 24.3 Å². The Kier molecular flexibility index (Phi) is 4.46. The lowest BCUT2D eigenvalue weighted by Gasteiger charge is -2.37. The van der Waals surface area contributed by atoms with Crippen LogP contribution >= 0.6 is 11.6 Å². The van der Waals surface area contributed by atoms with Crippen LogP contribution in [-0.4, -0.2) is 41.6 Å². The highest BCUT2D eigenvalue weighted by atomic mass is 35.5. The molecule has 1 aliphatic rings. The van der Waals surface area contributed by atoms with E-state index in [1.54, 1.807) is 0 Å². The van der Waals surface area contributed by atoms with Gasteiger partial charge in [-0.25, -0.2) is 5.10 Å². The normalized spacial score (nSPS) is 14.3. The average Bonchev–Trinajstić information content (AvgIpc) is 3.18. The number of hydrogen-bond acceptors (Lipinski definition) is 5. The van der Waals surface area contributed by atoms with Crippen molar-refractivity contribution < 1.29 is 0 Å². The van der Waals surface area contributed by atoms with Crippen LogP contribution in [0.4, 0.5) is 11.4 Å². The SMILES string of the molecule is N#Cc1[nH]nnc1-c1ccc(N2CCN(c3ccc(Cl)cc3)CC2)cc1. The zero-order valence-corrected chi connectivity index (χ0v) is 14.8. The van der Waals surface area contributed by atoms with E-state index in [4.69, 9.17) is 16.9 Å². The molecule has 1 fully saturated rings. The molecule has 6 nitrogen and oxygen atoms in total. The van der Waals surface area contributed by atoms with E-state index >= 15 is 0 Å². The van der Waals surface area contributed by atoms with Gasteiger partial charge in [-0.3, -0.25) is 0 Å². The first-order chi connectivity index (χ1) is 12.7. The Morgan fingerprint density at radius 3 is 1.96 bits per heavy atom.